The zero-order chi connectivity index (χ0) is 20.3. The maximum atomic E-state index is 10.3. The topological polar surface area (TPSA) is 98.0 Å². The van der Waals surface area contributed by atoms with Gasteiger partial charge in [-0.15, -0.1) is 0 Å². The van der Waals surface area contributed by atoms with Crippen LogP contribution in [0.5, 0.6) is 0 Å². The highest BCUT2D eigenvalue weighted by Gasteiger charge is 2.10. The van der Waals surface area contributed by atoms with Crippen LogP contribution in [0.15, 0.2) is 72.9 Å². The van der Waals surface area contributed by atoms with Crippen LogP contribution in [0, 0.1) is 0 Å². The lowest BCUT2D eigenvalue weighted by Crippen LogP contribution is -2.22. The maximum Gasteiger partial charge on any atom is 0.303 e. The van der Waals surface area contributed by atoms with E-state index in [9.17, 15) is 20.1 Å². The Morgan fingerprint density at radius 3 is 2.04 bits per heavy atom. The largest absolute Gasteiger partial charge is 0.481 e. The van der Waals surface area contributed by atoms with E-state index in [1.54, 1.807) is 54.7 Å². The zero-order valence-electron chi connectivity index (χ0n) is 15.9. The predicted molar refractivity (Wildman–Crippen MR) is 109 cm³/mol. The summed E-state index contributed by atoms with van der Waals surface area (Å²) >= 11 is 0. The molecule has 0 aromatic rings. The van der Waals surface area contributed by atoms with Gasteiger partial charge in [0.2, 0.25) is 0 Å². The Morgan fingerprint density at radius 1 is 0.815 bits per heavy atom. The molecule has 27 heavy (non-hydrogen) atoms. The number of carbonyl (C=O) groups is 1. The van der Waals surface area contributed by atoms with Crippen LogP contribution in [0.1, 0.15) is 39.0 Å². The van der Waals surface area contributed by atoms with Crippen molar-refractivity contribution in [1.29, 1.82) is 0 Å². The number of carboxylic acids is 1. The molecule has 0 heterocycles. The van der Waals surface area contributed by atoms with Crippen LogP contribution >= 0.6 is 0 Å². The van der Waals surface area contributed by atoms with Crippen molar-refractivity contribution in [2.24, 2.45) is 0 Å². The molecule has 0 unspecified atom stereocenters. The van der Waals surface area contributed by atoms with Gasteiger partial charge in [0.05, 0.1) is 18.3 Å². The average Bonchev–Trinajstić information content (AvgIpc) is 2.63. The first-order valence-corrected chi connectivity index (χ1v) is 9.21. The summed E-state index contributed by atoms with van der Waals surface area (Å²) < 4.78 is 0. The van der Waals surface area contributed by atoms with E-state index in [0.717, 1.165) is 6.42 Å². The molecule has 0 aliphatic heterocycles. The Balaban J connectivity index is 4.03. The van der Waals surface area contributed by atoms with Crippen molar-refractivity contribution in [3.05, 3.63) is 72.9 Å². The first-order chi connectivity index (χ1) is 13.0. The third-order valence-corrected chi connectivity index (χ3v) is 3.44. The lowest BCUT2D eigenvalue weighted by molar-refractivity contribution is -0.136. The number of rotatable bonds is 14. The van der Waals surface area contributed by atoms with Gasteiger partial charge in [0.1, 0.15) is 0 Å². The van der Waals surface area contributed by atoms with Gasteiger partial charge in [0.25, 0.3) is 0 Å². The molecule has 0 saturated carbocycles. The van der Waals surface area contributed by atoms with Crippen molar-refractivity contribution in [2.75, 3.05) is 0 Å². The highest BCUT2D eigenvalue weighted by molar-refractivity contribution is 5.66. The van der Waals surface area contributed by atoms with Gasteiger partial charge in [-0.05, 0) is 25.7 Å². The van der Waals surface area contributed by atoms with Gasteiger partial charge in [-0.25, -0.2) is 0 Å². The molecular weight excluding hydrogens is 344 g/mol. The normalized spacial score (nSPS) is 16.6. The SMILES string of the molecule is CCC=CC[C@H](O)[C@H](O)/C=C/C=C/C=CC=C[C@@H](O)CC=CCCC(=O)O. The molecule has 3 atom stereocenters. The van der Waals surface area contributed by atoms with Crippen molar-refractivity contribution in [2.45, 2.75) is 57.3 Å². The van der Waals surface area contributed by atoms with Crippen molar-refractivity contribution >= 4 is 5.97 Å². The summed E-state index contributed by atoms with van der Waals surface area (Å²) in [5.41, 5.74) is 0. The lowest BCUT2D eigenvalue weighted by Gasteiger charge is -2.11. The molecule has 5 heteroatoms. The molecule has 5 nitrogen and oxygen atoms in total. The number of aliphatic carboxylic acids is 1. The lowest BCUT2D eigenvalue weighted by atomic mass is 10.1. The minimum absolute atomic E-state index is 0.0951. The number of carboxylic acid groups (broad SMARTS) is 1. The molecule has 0 aromatic carbocycles. The van der Waals surface area contributed by atoms with Gasteiger partial charge in [-0.1, -0.05) is 79.8 Å². The Labute approximate surface area is 162 Å². The fourth-order valence-corrected chi connectivity index (χ4v) is 1.94. The number of hydrogen-bond acceptors (Lipinski definition) is 4. The third kappa shape index (κ3) is 17.0. The van der Waals surface area contributed by atoms with Crippen LogP contribution < -0.4 is 0 Å². The Bertz CT molecular complexity index is 555. The number of allylic oxidation sites excluding steroid dienone is 8. The Kier molecular flexibility index (Phi) is 15.8. The second-order valence-electron chi connectivity index (χ2n) is 5.92. The first-order valence-electron chi connectivity index (χ1n) is 9.21. The van der Waals surface area contributed by atoms with E-state index in [-0.39, 0.29) is 6.42 Å². The summed E-state index contributed by atoms with van der Waals surface area (Å²) in [5.74, 6) is -0.831. The van der Waals surface area contributed by atoms with Crippen molar-refractivity contribution in [3.8, 4) is 0 Å². The van der Waals surface area contributed by atoms with Gasteiger partial charge >= 0.3 is 5.97 Å². The predicted octanol–water partition coefficient (Wildman–Crippen LogP) is 3.46. The molecule has 0 rings (SSSR count). The molecule has 0 aliphatic rings. The molecule has 150 valence electrons. The second kappa shape index (κ2) is 17.2. The summed E-state index contributed by atoms with van der Waals surface area (Å²) in [7, 11) is 0. The van der Waals surface area contributed by atoms with E-state index < -0.39 is 24.3 Å². The number of aliphatic hydroxyl groups excluding tert-OH is 3. The molecule has 0 bridgehead atoms. The van der Waals surface area contributed by atoms with Crippen molar-refractivity contribution in [3.63, 3.8) is 0 Å². The van der Waals surface area contributed by atoms with E-state index in [4.69, 9.17) is 5.11 Å². The molecule has 0 radical (unpaired) electrons. The highest BCUT2D eigenvalue weighted by atomic mass is 16.4. The van der Waals surface area contributed by atoms with Gasteiger partial charge in [0, 0.05) is 6.42 Å². The molecular formula is C22H32O5. The quantitative estimate of drug-likeness (QED) is 0.275. The molecule has 0 saturated heterocycles. The molecule has 0 aliphatic carbocycles. The van der Waals surface area contributed by atoms with E-state index in [1.807, 2.05) is 19.1 Å². The molecule has 0 aromatic heterocycles. The summed E-state index contributed by atoms with van der Waals surface area (Å²) in [6.45, 7) is 2.01. The van der Waals surface area contributed by atoms with Crippen LogP contribution in [0.25, 0.3) is 0 Å². The number of aliphatic hydroxyl groups is 3. The zero-order valence-corrected chi connectivity index (χ0v) is 15.9. The monoisotopic (exact) mass is 376 g/mol. The summed E-state index contributed by atoms with van der Waals surface area (Å²) in [6, 6.07) is 0. The third-order valence-electron chi connectivity index (χ3n) is 3.44. The summed E-state index contributed by atoms with van der Waals surface area (Å²) in [5, 5.41) is 37.7. The van der Waals surface area contributed by atoms with Gasteiger partial charge in [-0.2, -0.15) is 0 Å². The standard InChI is InChI=1S/C22H32O5/c1-2-3-9-16-20(24)21(25)17-12-7-5-4-6-10-14-19(23)15-11-8-13-18-22(26)27/h3-12,14,17,19-21,23-25H,2,13,15-16,18H2,1H3,(H,26,27)/b6-4?,7-5+,9-3?,11-8?,14-10?,17-12+/t19-,20+,21-/m1/s1. The van der Waals surface area contributed by atoms with Gasteiger partial charge < -0.3 is 20.4 Å². The highest BCUT2D eigenvalue weighted by Crippen LogP contribution is 2.03. The summed E-state index contributed by atoms with van der Waals surface area (Å²) in [6.07, 6.45) is 21.0. The fraction of sp³-hybridized carbons (Fsp3) is 0.409. The maximum absolute atomic E-state index is 10.3. The minimum Gasteiger partial charge on any atom is -0.481 e. The van der Waals surface area contributed by atoms with Crippen LogP contribution in [-0.2, 0) is 4.79 Å². The molecule has 0 fully saturated rings. The van der Waals surface area contributed by atoms with Gasteiger partial charge in [-0.3, -0.25) is 4.79 Å². The average molecular weight is 376 g/mol. The fourth-order valence-electron chi connectivity index (χ4n) is 1.94. The van der Waals surface area contributed by atoms with E-state index >= 15 is 0 Å². The second-order valence-corrected chi connectivity index (χ2v) is 5.92. The Morgan fingerprint density at radius 2 is 1.41 bits per heavy atom. The van der Waals surface area contributed by atoms with Crippen LogP contribution in [0.2, 0.25) is 0 Å². The van der Waals surface area contributed by atoms with E-state index in [2.05, 4.69) is 0 Å². The van der Waals surface area contributed by atoms with E-state index in [1.165, 1.54) is 6.08 Å². The summed E-state index contributed by atoms with van der Waals surface area (Å²) in [4.78, 5) is 10.3. The van der Waals surface area contributed by atoms with Gasteiger partial charge in [0.15, 0.2) is 0 Å². The molecule has 0 amide bonds. The minimum atomic E-state index is -0.904. The van der Waals surface area contributed by atoms with Crippen molar-refractivity contribution < 1.29 is 25.2 Å². The molecule has 0 spiro atoms. The van der Waals surface area contributed by atoms with Crippen LogP contribution in [-0.4, -0.2) is 44.7 Å². The molecule has 4 N–H and O–H groups in total. The first kappa shape index (κ1) is 24.8. The number of hydrogen-bond donors (Lipinski definition) is 4. The van der Waals surface area contributed by atoms with Crippen LogP contribution in [0.3, 0.4) is 0 Å². The van der Waals surface area contributed by atoms with E-state index in [0.29, 0.717) is 19.3 Å². The van der Waals surface area contributed by atoms with Crippen LogP contribution in [0.4, 0.5) is 0 Å². The smallest absolute Gasteiger partial charge is 0.303 e. The van der Waals surface area contributed by atoms with Crippen molar-refractivity contribution in [1.82, 2.24) is 0 Å². The Hall–Kier alpha value is -2.21.